The number of benzene rings is 1. The number of aromatic nitrogens is 1. The predicted octanol–water partition coefficient (Wildman–Crippen LogP) is 3.10. The number of methoxy groups -OCH3 is 2. The van der Waals surface area contributed by atoms with Crippen LogP contribution in [0, 0.1) is 6.92 Å². The van der Waals surface area contributed by atoms with E-state index in [0.717, 1.165) is 34.5 Å². The Hall–Kier alpha value is -2.05. The first-order chi connectivity index (χ1) is 12.6. The Morgan fingerprint density at radius 2 is 1.77 bits per heavy atom. The van der Waals surface area contributed by atoms with Gasteiger partial charge in [-0.3, -0.25) is 4.79 Å². The molecule has 0 aliphatic carbocycles. The van der Waals surface area contributed by atoms with E-state index >= 15 is 0 Å². The molecule has 0 unspecified atom stereocenters. The van der Waals surface area contributed by atoms with Gasteiger partial charge in [-0.15, -0.1) is 0 Å². The van der Waals surface area contributed by atoms with Crippen molar-refractivity contribution < 1.29 is 19.0 Å². The van der Waals surface area contributed by atoms with Gasteiger partial charge in [-0.05, 0) is 44.5 Å². The number of nitrogens with zero attached hydrogens (tertiary/aromatic N) is 2. The number of hydrogen-bond acceptors (Lipinski definition) is 4. The topological polar surface area (TPSA) is 52.9 Å². The highest BCUT2D eigenvalue weighted by Gasteiger charge is 2.24. The molecule has 1 heterocycles. The number of aryl methyl sites for hydroxylation is 2. The second kappa shape index (κ2) is 9.59. The molecule has 0 atom stereocenters. The van der Waals surface area contributed by atoms with Crippen LogP contribution in [0.1, 0.15) is 29.9 Å². The summed E-state index contributed by atoms with van der Waals surface area (Å²) in [7, 11) is 3.28. The van der Waals surface area contributed by atoms with Crippen LogP contribution in [0.2, 0.25) is 0 Å². The van der Waals surface area contributed by atoms with E-state index < -0.39 is 0 Å². The second-order valence-electron chi connectivity index (χ2n) is 6.11. The van der Waals surface area contributed by atoms with Crippen LogP contribution in [0.3, 0.4) is 0 Å². The van der Waals surface area contributed by atoms with Gasteiger partial charge in [-0.25, -0.2) is 0 Å². The van der Waals surface area contributed by atoms with Gasteiger partial charge in [-0.1, -0.05) is 0 Å². The van der Waals surface area contributed by atoms with Crippen LogP contribution in [-0.4, -0.2) is 62.5 Å². The Labute approximate surface area is 155 Å². The molecular formula is C20H30N2O4. The minimum absolute atomic E-state index is 0.00705. The Balaban J connectivity index is 2.47. The highest BCUT2D eigenvalue weighted by Crippen LogP contribution is 2.30. The van der Waals surface area contributed by atoms with Crippen molar-refractivity contribution in [3.8, 4) is 5.75 Å². The Morgan fingerprint density at radius 1 is 1.12 bits per heavy atom. The summed E-state index contributed by atoms with van der Waals surface area (Å²) >= 11 is 0. The molecule has 6 heteroatoms. The van der Waals surface area contributed by atoms with Crippen LogP contribution < -0.4 is 4.74 Å². The third-order valence-corrected chi connectivity index (χ3v) is 4.54. The van der Waals surface area contributed by atoms with E-state index in [4.69, 9.17) is 14.2 Å². The highest BCUT2D eigenvalue weighted by atomic mass is 16.5. The lowest BCUT2D eigenvalue weighted by atomic mass is 10.1. The molecule has 2 aromatic rings. The molecule has 0 N–H and O–H groups in total. The van der Waals surface area contributed by atoms with Crippen molar-refractivity contribution in [3.05, 3.63) is 29.5 Å². The van der Waals surface area contributed by atoms with Gasteiger partial charge in [0, 0.05) is 44.8 Å². The molecule has 1 amide bonds. The monoisotopic (exact) mass is 362 g/mol. The molecular weight excluding hydrogens is 332 g/mol. The summed E-state index contributed by atoms with van der Waals surface area (Å²) in [4.78, 5) is 15.1. The van der Waals surface area contributed by atoms with Crippen LogP contribution in [-0.2, 0) is 16.0 Å². The van der Waals surface area contributed by atoms with Crippen LogP contribution in [0.4, 0.5) is 0 Å². The number of carbonyl (C=O) groups excluding carboxylic acids is 1. The van der Waals surface area contributed by atoms with Crippen molar-refractivity contribution in [3.63, 3.8) is 0 Å². The molecule has 0 aliphatic rings. The first-order valence-corrected chi connectivity index (χ1v) is 9.11. The molecule has 2 rings (SSSR count). The van der Waals surface area contributed by atoms with E-state index in [0.29, 0.717) is 32.9 Å². The smallest absolute Gasteiger partial charge is 0.270 e. The second-order valence-corrected chi connectivity index (χ2v) is 6.11. The zero-order chi connectivity index (χ0) is 19.1. The van der Waals surface area contributed by atoms with E-state index in [2.05, 4.69) is 11.5 Å². The minimum atomic E-state index is 0.00705. The maximum absolute atomic E-state index is 13.3. The van der Waals surface area contributed by atoms with Crippen LogP contribution in [0.25, 0.3) is 10.9 Å². The number of hydrogen-bond donors (Lipinski definition) is 0. The zero-order valence-corrected chi connectivity index (χ0v) is 16.5. The van der Waals surface area contributed by atoms with Gasteiger partial charge in [0.2, 0.25) is 0 Å². The molecule has 0 saturated heterocycles. The summed E-state index contributed by atoms with van der Waals surface area (Å²) in [6, 6.07) is 6.01. The SMILES string of the molecule is CCOc1ccc2c(c1)c(C)c(C(=O)N(CCOC)CCOC)n2CC. The first-order valence-electron chi connectivity index (χ1n) is 9.11. The molecule has 6 nitrogen and oxygen atoms in total. The van der Waals surface area contributed by atoms with Crippen molar-refractivity contribution in [2.45, 2.75) is 27.3 Å². The fraction of sp³-hybridized carbons (Fsp3) is 0.550. The van der Waals surface area contributed by atoms with Crippen molar-refractivity contribution in [2.75, 3.05) is 47.1 Å². The molecule has 144 valence electrons. The van der Waals surface area contributed by atoms with Gasteiger partial charge >= 0.3 is 0 Å². The maximum atomic E-state index is 13.3. The van der Waals surface area contributed by atoms with E-state index in [9.17, 15) is 4.79 Å². The number of rotatable bonds is 10. The molecule has 1 aromatic heterocycles. The lowest BCUT2D eigenvalue weighted by molar-refractivity contribution is 0.0617. The van der Waals surface area contributed by atoms with E-state index in [-0.39, 0.29) is 5.91 Å². The normalized spacial score (nSPS) is 11.1. The van der Waals surface area contributed by atoms with Crippen molar-refractivity contribution >= 4 is 16.8 Å². The van der Waals surface area contributed by atoms with E-state index in [1.165, 1.54) is 0 Å². The van der Waals surface area contributed by atoms with Gasteiger partial charge < -0.3 is 23.7 Å². The molecule has 26 heavy (non-hydrogen) atoms. The third kappa shape index (κ3) is 4.19. The average molecular weight is 362 g/mol. The molecule has 0 bridgehead atoms. The minimum Gasteiger partial charge on any atom is -0.494 e. The van der Waals surface area contributed by atoms with Crippen molar-refractivity contribution in [1.29, 1.82) is 0 Å². The summed E-state index contributed by atoms with van der Waals surface area (Å²) in [5, 5.41) is 1.06. The summed E-state index contributed by atoms with van der Waals surface area (Å²) < 4.78 is 18.0. The van der Waals surface area contributed by atoms with Gasteiger partial charge in [0.1, 0.15) is 11.4 Å². The number of carbonyl (C=O) groups is 1. The summed E-state index contributed by atoms with van der Waals surface area (Å²) in [6.45, 7) is 9.43. The Kier molecular flexibility index (Phi) is 7.48. The first kappa shape index (κ1) is 20.3. The van der Waals surface area contributed by atoms with Crippen molar-refractivity contribution in [2.24, 2.45) is 0 Å². The Bertz CT molecular complexity index is 731. The van der Waals surface area contributed by atoms with Crippen LogP contribution in [0.15, 0.2) is 18.2 Å². The van der Waals surface area contributed by atoms with Crippen molar-refractivity contribution in [1.82, 2.24) is 9.47 Å². The highest BCUT2D eigenvalue weighted by molar-refractivity contribution is 6.02. The van der Waals surface area contributed by atoms with Gasteiger partial charge in [0.25, 0.3) is 5.91 Å². The largest absolute Gasteiger partial charge is 0.494 e. The fourth-order valence-electron chi connectivity index (χ4n) is 3.23. The molecule has 0 fully saturated rings. The summed E-state index contributed by atoms with van der Waals surface area (Å²) in [5.41, 5.74) is 2.76. The fourth-order valence-corrected chi connectivity index (χ4v) is 3.23. The summed E-state index contributed by atoms with van der Waals surface area (Å²) in [5.74, 6) is 0.832. The molecule has 0 aliphatic heterocycles. The summed E-state index contributed by atoms with van der Waals surface area (Å²) in [6.07, 6.45) is 0. The van der Waals surface area contributed by atoms with Gasteiger partial charge in [-0.2, -0.15) is 0 Å². The zero-order valence-electron chi connectivity index (χ0n) is 16.5. The molecule has 1 aromatic carbocycles. The van der Waals surface area contributed by atoms with E-state index in [1.54, 1.807) is 19.1 Å². The van der Waals surface area contributed by atoms with Gasteiger partial charge in [0.15, 0.2) is 0 Å². The molecule has 0 saturated carbocycles. The number of ether oxygens (including phenoxy) is 3. The standard InChI is InChI=1S/C20H30N2O4/c1-6-22-18-9-8-16(26-7-2)14-17(18)15(3)19(22)20(23)21(10-12-24-4)11-13-25-5/h8-9,14H,6-7,10-13H2,1-5H3. The third-order valence-electron chi connectivity index (χ3n) is 4.54. The number of fused-ring (bicyclic) bond motifs is 1. The Morgan fingerprint density at radius 3 is 2.31 bits per heavy atom. The molecule has 0 radical (unpaired) electrons. The van der Waals surface area contributed by atoms with E-state index in [1.807, 2.05) is 32.0 Å². The lowest BCUT2D eigenvalue weighted by Gasteiger charge is -2.23. The lowest BCUT2D eigenvalue weighted by Crippen LogP contribution is -2.37. The predicted molar refractivity (Wildman–Crippen MR) is 103 cm³/mol. The molecule has 0 spiro atoms. The van der Waals surface area contributed by atoms with Crippen LogP contribution >= 0.6 is 0 Å². The maximum Gasteiger partial charge on any atom is 0.270 e. The van der Waals surface area contributed by atoms with Gasteiger partial charge in [0.05, 0.1) is 19.8 Å². The average Bonchev–Trinajstić information content (AvgIpc) is 2.93. The van der Waals surface area contributed by atoms with Crippen LogP contribution in [0.5, 0.6) is 5.75 Å². The quantitative estimate of drug-likeness (QED) is 0.652. The number of amides is 1.